The maximum atomic E-state index is 11.8. The van der Waals surface area contributed by atoms with Crippen molar-refractivity contribution in [1.29, 1.82) is 0 Å². The van der Waals surface area contributed by atoms with Gasteiger partial charge in [-0.3, -0.25) is 0 Å². The molecule has 4 nitrogen and oxygen atoms in total. The number of halogens is 1. The lowest BCUT2D eigenvalue weighted by molar-refractivity contribution is -0.0000235. The smallest absolute Gasteiger partial charge is 0.338 e. The van der Waals surface area contributed by atoms with Crippen molar-refractivity contribution in [3.05, 3.63) is 29.8 Å². The summed E-state index contributed by atoms with van der Waals surface area (Å²) in [6.07, 6.45) is 0. The lowest BCUT2D eigenvalue weighted by atomic mass is 10.2. The summed E-state index contributed by atoms with van der Waals surface area (Å²) < 4.78 is 10.6. The van der Waals surface area contributed by atoms with Crippen LogP contribution in [0.3, 0.4) is 0 Å². The third-order valence-electron chi connectivity index (χ3n) is 2.94. The summed E-state index contributed by atoms with van der Waals surface area (Å²) in [4.78, 5) is 14.0. The first-order chi connectivity index (χ1) is 9.21. The summed E-state index contributed by atoms with van der Waals surface area (Å²) in [5, 5.41) is 0. The van der Waals surface area contributed by atoms with E-state index in [0.717, 1.165) is 25.4 Å². The molecule has 1 rings (SSSR count). The minimum Gasteiger partial charge on any atom is -1.00 e. The third-order valence-corrected chi connectivity index (χ3v) is 2.94. The first-order valence-corrected chi connectivity index (χ1v) is 6.83. The number of nitrogens with zero attached hydrogens (tertiary/aromatic N) is 1. The van der Waals surface area contributed by atoms with Crippen LogP contribution >= 0.6 is 0 Å². The number of hydrogen-bond acceptors (Lipinski definition) is 4. The van der Waals surface area contributed by atoms with Crippen LogP contribution in [-0.2, 0) is 4.74 Å². The molecule has 0 spiro atoms. The molecular weight excluding hydrogens is 278 g/mol. The van der Waals surface area contributed by atoms with Gasteiger partial charge in [0.1, 0.15) is 12.4 Å². The zero-order valence-corrected chi connectivity index (χ0v) is 13.2. The lowest BCUT2D eigenvalue weighted by Crippen LogP contribution is -3.00. The Bertz CT molecular complexity index is 377. The van der Waals surface area contributed by atoms with Gasteiger partial charge >= 0.3 is 5.97 Å². The Balaban J connectivity index is 0.00000361. The highest BCUT2D eigenvalue weighted by atomic mass is 35.5. The van der Waals surface area contributed by atoms with Gasteiger partial charge in [0.05, 0.1) is 12.2 Å². The highest BCUT2D eigenvalue weighted by Crippen LogP contribution is 2.12. The quantitative estimate of drug-likeness (QED) is 0.612. The standard InChI is InChI=1S/C15H23NO3.ClH/c1-4-16(5-2)11-12-19-15(17)13-7-9-14(10-8-13)18-6-3;/h7-10H,4-6,11-12H2,1-3H3;1H/p-1. The minimum absolute atomic E-state index is 0. The average Bonchev–Trinajstić information content (AvgIpc) is 2.44. The molecule has 0 N–H and O–H groups in total. The lowest BCUT2D eigenvalue weighted by Gasteiger charge is -2.17. The van der Waals surface area contributed by atoms with Gasteiger partial charge in [0, 0.05) is 6.54 Å². The van der Waals surface area contributed by atoms with E-state index in [0.29, 0.717) is 18.8 Å². The van der Waals surface area contributed by atoms with Crippen molar-refractivity contribution in [2.24, 2.45) is 0 Å². The molecule has 0 saturated heterocycles. The van der Waals surface area contributed by atoms with Gasteiger partial charge in [-0.05, 0) is 44.3 Å². The first kappa shape index (κ1) is 18.7. The van der Waals surface area contributed by atoms with E-state index in [2.05, 4.69) is 18.7 Å². The summed E-state index contributed by atoms with van der Waals surface area (Å²) in [7, 11) is 0. The van der Waals surface area contributed by atoms with E-state index in [9.17, 15) is 4.79 Å². The topological polar surface area (TPSA) is 38.8 Å². The fourth-order valence-corrected chi connectivity index (χ4v) is 1.74. The molecule has 0 aliphatic rings. The first-order valence-electron chi connectivity index (χ1n) is 6.83. The number of ether oxygens (including phenoxy) is 2. The number of esters is 1. The third kappa shape index (κ3) is 6.26. The van der Waals surface area contributed by atoms with Crippen LogP contribution in [0.1, 0.15) is 31.1 Å². The molecule has 0 saturated carbocycles. The van der Waals surface area contributed by atoms with Crippen LogP contribution in [0.15, 0.2) is 24.3 Å². The number of hydrogen-bond donors (Lipinski definition) is 0. The summed E-state index contributed by atoms with van der Waals surface area (Å²) >= 11 is 0. The number of benzene rings is 1. The number of carbonyl (C=O) groups is 1. The van der Waals surface area contributed by atoms with Crippen LogP contribution in [0.4, 0.5) is 0 Å². The molecule has 0 aromatic heterocycles. The van der Waals surface area contributed by atoms with Gasteiger partial charge in [0.2, 0.25) is 0 Å². The van der Waals surface area contributed by atoms with Crippen LogP contribution in [0, 0.1) is 0 Å². The van der Waals surface area contributed by atoms with Gasteiger partial charge in [-0.2, -0.15) is 0 Å². The maximum Gasteiger partial charge on any atom is 0.338 e. The molecule has 1 aromatic rings. The number of rotatable bonds is 8. The van der Waals surface area contributed by atoms with Gasteiger partial charge < -0.3 is 26.8 Å². The zero-order chi connectivity index (χ0) is 14.1. The van der Waals surface area contributed by atoms with Crippen LogP contribution in [-0.4, -0.2) is 43.7 Å². The van der Waals surface area contributed by atoms with Crippen molar-refractivity contribution >= 4 is 5.97 Å². The zero-order valence-electron chi connectivity index (χ0n) is 12.4. The second-order valence-corrected chi connectivity index (χ2v) is 4.12. The van der Waals surface area contributed by atoms with E-state index in [1.165, 1.54) is 0 Å². The average molecular weight is 301 g/mol. The predicted molar refractivity (Wildman–Crippen MR) is 75.7 cm³/mol. The SMILES string of the molecule is CCOc1ccc(C(=O)OCCN(CC)CC)cc1.[Cl-]. The van der Waals surface area contributed by atoms with Crippen molar-refractivity contribution < 1.29 is 26.7 Å². The number of carbonyl (C=O) groups excluding carboxylic acids is 1. The van der Waals surface area contributed by atoms with Crippen LogP contribution < -0.4 is 17.1 Å². The summed E-state index contributed by atoms with van der Waals surface area (Å²) in [6, 6.07) is 7.02. The van der Waals surface area contributed by atoms with Gasteiger partial charge in [0.15, 0.2) is 0 Å². The summed E-state index contributed by atoms with van der Waals surface area (Å²) in [5.41, 5.74) is 0.558. The fraction of sp³-hybridized carbons (Fsp3) is 0.533. The van der Waals surface area contributed by atoms with E-state index in [1.54, 1.807) is 24.3 Å². The summed E-state index contributed by atoms with van der Waals surface area (Å²) in [5.74, 6) is 0.484. The molecule has 0 aliphatic carbocycles. The Morgan fingerprint density at radius 2 is 1.70 bits per heavy atom. The molecule has 1 aromatic carbocycles. The Morgan fingerprint density at radius 3 is 2.20 bits per heavy atom. The molecular formula is C15H23ClNO3-. The van der Waals surface area contributed by atoms with Gasteiger partial charge in [-0.1, -0.05) is 13.8 Å². The van der Waals surface area contributed by atoms with Crippen LogP contribution in [0.25, 0.3) is 0 Å². The fourth-order valence-electron chi connectivity index (χ4n) is 1.74. The monoisotopic (exact) mass is 300 g/mol. The summed E-state index contributed by atoms with van der Waals surface area (Å²) in [6.45, 7) is 9.87. The molecule has 0 bridgehead atoms. The Kier molecular flexibility index (Phi) is 9.86. The maximum absolute atomic E-state index is 11.8. The van der Waals surface area contributed by atoms with Crippen molar-refractivity contribution in [2.75, 3.05) is 32.8 Å². The predicted octanol–water partition coefficient (Wildman–Crippen LogP) is -0.412. The second kappa shape index (κ2) is 10.5. The molecule has 0 unspecified atom stereocenters. The van der Waals surface area contributed by atoms with Gasteiger partial charge in [0.25, 0.3) is 0 Å². The molecule has 0 amide bonds. The molecule has 20 heavy (non-hydrogen) atoms. The van der Waals surface area contributed by atoms with E-state index in [-0.39, 0.29) is 18.4 Å². The molecule has 0 atom stereocenters. The molecule has 114 valence electrons. The van der Waals surface area contributed by atoms with E-state index < -0.39 is 0 Å². The highest BCUT2D eigenvalue weighted by molar-refractivity contribution is 5.89. The van der Waals surface area contributed by atoms with Crippen molar-refractivity contribution in [3.63, 3.8) is 0 Å². The Hall–Kier alpha value is -1.26. The normalized spacial score (nSPS) is 10.0. The van der Waals surface area contributed by atoms with E-state index >= 15 is 0 Å². The molecule has 0 fully saturated rings. The van der Waals surface area contributed by atoms with Crippen LogP contribution in [0.2, 0.25) is 0 Å². The van der Waals surface area contributed by atoms with Gasteiger partial charge in [-0.25, -0.2) is 4.79 Å². The van der Waals surface area contributed by atoms with Crippen molar-refractivity contribution in [2.45, 2.75) is 20.8 Å². The van der Waals surface area contributed by atoms with E-state index in [1.807, 2.05) is 6.92 Å². The van der Waals surface area contributed by atoms with Crippen molar-refractivity contribution in [3.8, 4) is 5.75 Å². The molecule has 0 aliphatic heterocycles. The number of likely N-dealkylation sites (N-methyl/N-ethyl adjacent to an activating group) is 1. The second-order valence-electron chi connectivity index (χ2n) is 4.12. The van der Waals surface area contributed by atoms with Gasteiger partial charge in [-0.15, -0.1) is 0 Å². The Morgan fingerprint density at radius 1 is 1.10 bits per heavy atom. The molecule has 0 heterocycles. The Labute approximate surface area is 127 Å². The largest absolute Gasteiger partial charge is 1.00 e. The van der Waals surface area contributed by atoms with Crippen LogP contribution in [0.5, 0.6) is 5.75 Å². The molecule has 0 radical (unpaired) electrons. The minimum atomic E-state index is -0.282. The highest BCUT2D eigenvalue weighted by Gasteiger charge is 2.08. The van der Waals surface area contributed by atoms with Crippen molar-refractivity contribution in [1.82, 2.24) is 4.90 Å². The molecule has 5 heteroatoms. The van der Waals surface area contributed by atoms with E-state index in [4.69, 9.17) is 9.47 Å².